The van der Waals surface area contributed by atoms with Gasteiger partial charge in [-0.05, 0) is 17.7 Å². The Morgan fingerprint density at radius 3 is 2.48 bits per heavy atom. The SMILES string of the molecule is CN(Cc1ccccc1)C(=O)c1nn(C)c2ccccc2c1=O. The first-order valence-electron chi connectivity index (χ1n) is 7.33. The van der Waals surface area contributed by atoms with Crippen LogP contribution < -0.4 is 5.43 Å². The van der Waals surface area contributed by atoms with Crippen LogP contribution in [0.1, 0.15) is 16.1 Å². The van der Waals surface area contributed by atoms with Gasteiger partial charge >= 0.3 is 0 Å². The zero-order valence-electron chi connectivity index (χ0n) is 13.1. The highest BCUT2D eigenvalue weighted by atomic mass is 16.2. The summed E-state index contributed by atoms with van der Waals surface area (Å²) in [5, 5.41) is 4.68. The van der Waals surface area contributed by atoms with Crippen LogP contribution in [0.4, 0.5) is 0 Å². The third-order valence-corrected chi connectivity index (χ3v) is 3.77. The minimum atomic E-state index is -0.375. The lowest BCUT2D eigenvalue weighted by Crippen LogP contribution is -2.33. The van der Waals surface area contributed by atoms with Crippen molar-refractivity contribution in [2.75, 3.05) is 7.05 Å². The van der Waals surface area contributed by atoms with E-state index in [0.29, 0.717) is 17.4 Å². The van der Waals surface area contributed by atoms with Gasteiger partial charge in [0.05, 0.1) is 5.52 Å². The van der Waals surface area contributed by atoms with Crippen molar-refractivity contribution in [3.05, 3.63) is 76.1 Å². The van der Waals surface area contributed by atoms with Crippen molar-refractivity contribution < 1.29 is 4.79 Å². The summed E-state index contributed by atoms with van der Waals surface area (Å²) in [5.74, 6) is -0.375. The summed E-state index contributed by atoms with van der Waals surface area (Å²) in [5.41, 5.74) is 1.33. The van der Waals surface area contributed by atoms with Gasteiger partial charge in [0.15, 0.2) is 5.69 Å². The van der Waals surface area contributed by atoms with Crippen molar-refractivity contribution in [3.63, 3.8) is 0 Å². The van der Waals surface area contributed by atoms with E-state index in [1.54, 1.807) is 30.9 Å². The van der Waals surface area contributed by atoms with Crippen LogP contribution in [0.25, 0.3) is 10.9 Å². The Balaban J connectivity index is 1.98. The van der Waals surface area contributed by atoms with Crippen LogP contribution in [0.5, 0.6) is 0 Å². The van der Waals surface area contributed by atoms with Crippen LogP contribution in [0.3, 0.4) is 0 Å². The Morgan fingerprint density at radius 1 is 1.09 bits per heavy atom. The maximum Gasteiger partial charge on any atom is 0.278 e. The number of rotatable bonds is 3. The van der Waals surface area contributed by atoms with Crippen LogP contribution in [0, 0.1) is 0 Å². The van der Waals surface area contributed by atoms with Gasteiger partial charge in [0.1, 0.15) is 0 Å². The fourth-order valence-corrected chi connectivity index (χ4v) is 2.57. The number of fused-ring (bicyclic) bond motifs is 1. The third-order valence-electron chi connectivity index (χ3n) is 3.77. The van der Waals surface area contributed by atoms with Crippen LogP contribution in [-0.2, 0) is 13.6 Å². The predicted octanol–water partition coefficient (Wildman–Crippen LogP) is 2.21. The van der Waals surface area contributed by atoms with Gasteiger partial charge in [0.25, 0.3) is 5.91 Å². The van der Waals surface area contributed by atoms with E-state index >= 15 is 0 Å². The third kappa shape index (κ3) is 2.85. The molecule has 0 aliphatic heterocycles. The molecule has 0 bridgehead atoms. The number of carbonyl (C=O) groups is 1. The number of aromatic nitrogens is 2. The molecule has 3 rings (SSSR count). The van der Waals surface area contributed by atoms with E-state index in [1.165, 1.54) is 4.90 Å². The molecule has 5 nitrogen and oxygen atoms in total. The van der Waals surface area contributed by atoms with E-state index in [0.717, 1.165) is 5.56 Å². The lowest BCUT2D eigenvalue weighted by molar-refractivity contribution is 0.0776. The largest absolute Gasteiger partial charge is 0.336 e. The van der Waals surface area contributed by atoms with Crippen LogP contribution in [0.2, 0.25) is 0 Å². The Bertz CT molecular complexity index is 916. The maximum absolute atomic E-state index is 12.6. The van der Waals surface area contributed by atoms with Crippen molar-refractivity contribution in [2.24, 2.45) is 7.05 Å². The second-order valence-electron chi connectivity index (χ2n) is 5.47. The number of para-hydroxylation sites is 1. The van der Waals surface area contributed by atoms with Crippen molar-refractivity contribution >= 4 is 16.8 Å². The molecule has 1 amide bonds. The molecule has 116 valence electrons. The number of carbonyl (C=O) groups excluding carboxylic acids is 1. The highest BCUT2D eigenvalue weighted by Crippen LogP contribution is 2.10. The topological polar surface area (TPSA) is 55.2 Å². The summed E-state index contributed by atoms with van der Waals surface area (Å²) in [6, 6.07) is 16.8. The average Bonchev–Trinajstić information content (AvgIpc) is 2.58. The van der Waals surface area contributed by atoms with Gasteiger partial charge in [-0.2, -0.15) is 5.10 Å². The normalized spacial score (nSPS) is 10.7. The van der Waals surface area contributed by atoms with E-state index in [2.05, 4.69) is 5.10 Å². The molecule has 23 heavy (non-hydrogen) atoms. The van der Waals surface area contributed by atoms with Crippen molar-refractivity contribution in [1.29, 1.82) is 0 Å². The number of hydrogen-bond acceptors (Lipinski definition) is 3. The molecule has 2 aromatic carbocycles. The zero-order valence-corrected chi connectivity index (χ0v) is 13.1. The first-order valence-corrected chi connectivity index (χ1v) is 7.33. The lowest BCUT2D eigenvalue weighted by Gasteiger charge is -2.17. The van der Waals surface area contributed by atoms with E-state index in [-0.39, 0.29) is 17.0 Å². The summed E-state index contributed by atoms with van der Waals surface area (Å²) < 4.78 is 1.57. The van der Waals surface area contributed by atoms with Gasteiger partial charge in [-0.15, -0.1) is 0 Å². The van der Waals surface area contributed by atoms with Gasteiger partial charge in [-0.25, -0.2) is 0 Å². The molecule has 0 saturated heterocycles. The summed E-state index contributed by atoms with van der Waals surface area (Å²) in [4.78, 5) is 26.7. The summed E-state index contributed by atoms with van der Waals surface area (Å²) >= 11 is 0. The Kier molecular flexibility index (Phi) is 3.93. The number of hydrogen-bond donors (Lipinski definition) is 0. The maximum atomic E-state index is 12.6. The minimum Gasteiger partial charge on any atom is -0.336 e. The molecule has 5 heteroatoms. The van der Waals surface area contributed by atoms with Gasteiger partial charge in [0, 0.05) is 26.0 Å². The first-order chi connectivity index (χ1) is 11.1. The zero-order chi connectivity index (χ0) is 16.4. The molecular weight excluding hydrogens is 290 g/mol. The Morgan fingerprint density at radius 2 is 1.74 bits per heavy atom. The highest BCUT2D eigenvalue weighted by Gasteiger charge is 2.20. The van der Waals surface area contributed by atoms with E-state index in [4.69, 9.17) is 0 Å². The van der Waals surface area contributed by atoms with Gasteiger partial charge in [-0.1, -0.05) is 42.5 Å². The smallest absolute Gasteiger partial charge is 0.278 e. The highest BCUT2D eigenvalue weighted by molar-refractivity contribution is 5.95. The van der Waals surface area contributed by atoms with Crippen molar-refractivity contribution in [2.45, 2.75) is 6.54 Å². The van der Waals surface area contributed by atoms with E-state index in [1.807, 2.05) is 42.5 Å². The molecule has 1 aromatic heterocycles. The van der Waals surface area contributed by atoms with Crippen molar-refractivity contribution in [3.8, 4) is 0 Å². The first kappa shape index (κ1) is 15.0. The summed E-state index contributed by atoms with van der Waals surface area (Å²) in [6.07, 6.45) is 0. The Labute approximate surface area is 133 Å². The summed E-state index contributed by atoms with van der Waals surface area (Å²) in [7, 11) is 3.40. The Hall–Kier alpha value is -2.95. The number of benzene rings is 2. The minimum absolute atomic E-state index is 0.0513. The molecule has 0 unspecified atom stereocenters. The number of amides is 1. The van der Waals surface area contributed by atoms with Crippen LogP contribution in [0.15, 0.2) is 59.4 Å². The van der Waals surface area contributed by atoms with Gasteiger partial charge in [0.2, 0.25) is 5.43 Å². The second-order valence-corrected chi connectivity index (χ2v) is 5.47. The van der Waals surface area contributed by atoms with E-state index in [9.17, 15) is 9.59 Å². The molecule has 3 aromatic rings. The number of aryl methyl sites for hydroxylation is 1. The molecule has 0 atom stereocenters. The van der Waals surface area contributed by atoms with Crippen molar-refractivity contribution in [1.82, 2.24) is 14.7 Å². The van der Waals surface area contributed by atoms with Gasteiger partial charge in [-0.3, -0.25) is 14.3 Å². The number of nitrogens with zero attached hydrogens (tertiary/aromatic N) is 3. The standard InChI is InChI=1S/C18H17N3O2/c1-20(12-13-8-4-3-5-9-13)18(23)16-17(22)14-10-6-7-11-15(14)21(2)19-16/h3-11H,12H2,1-2H3. The summed E-state index contributed by atoms with van der Waals surface area (Å²) in [6.45, 7) is 0.428. The predicted molar refractivity (Wildman–Crippen MR) is 89.2 cm³/mol. The van der Waals surface area contributed by atoms with Gasteiger partial charge < -0.3 is 4.90 Å². The van der Waals surface area contributed by atoms with E-state index < -0.39 is 0 Å². The molecule has 1 heterocycles. The monoisotopic (exact) mass is 307 g/mol. The molecule has 0 saturated carbocycles. The molecule has 0 N–H and O–H groups in total. The molecule has 0 spiro atoms. The van der Waals surface area contributed by atoms with Crippen LogP contribution in [-0.4, -0.2) is 27.6 Å². The molecule has 0 radical (unpaired) electrons. The molecule has 0 aliphatic carbocycles. The lowest BCUT2D eigenvalue weighted by atomic mass is 10.1. The van der Waals surface area contributed by atoms with Crippen LogP contribution >= 0.6 is 0 Å². The molecule has 0 aliphatic rings. The quantitative estimate of drug-likeness (QED) is 0.745. The fraction of sp³-hybridized carbons (Fsp3) is 0.167. The molecule has 0 fully saturated rings. The molecular formula is C18H17N3O2. The second kappa shape index (κ2) is 6.04. The fourth-order valence-electron chi connectivity index (χ4n) is 2.57. The average molecular weight is 307 g/mol.